The van der Waals surface area contributed by atoms with E-state index in [1.54, 1.807) is 37.5 Å². The zero-order valence-electron chi connectivity index (χ0n) is 14.7. The van der Waals surface area contributed by atoms with Gasteiger partial charge in [-0.05, 0) is 38.1 Å². The molecule has 3 aromatic rings. The minimum atomic E-state index is -3.50. The van der Waals surface area contributed by atoms with Crippen LogP contribution in [0.15, 0.2) is 51.6 Å². The third-order valence-corrected chi connectivity index (χ3v) is 6.89. The van der Waals surface area contributed by atoms with Crippen LogP contribution in [-0.2, 0) is 16.6 Å². The van der Waals surface area contributed by atoms with E-state index < -0.39 is 10.0 Å². The summed E-state index contributed by atoms with van der Waals surface area (Å²) in [5.74, 6) is 0. The van der Waals surface area contributed by atoms with Crippen molar-refractivity contribution in [3.05, 3.63) is 58.0 Å². The molecule has 0 saturated carbocycles. The van der Waals surface area contributed by atoms with Crippen molar-refractivity contribution in [2.24, 2.45) is 0 Å². The molecule has 9 heteroatoms. The van der Waals surface area contributed by atoms with E-state index in [-0.39, 0.29) is 16.5 Å². The lowest BCUT2D eigenvalue weighted by atomic mass is 10.3. The zero-order chi connectivity index (χ0) is 18.9. The van der Waals surface area contributed by atoms with Gasteiger partial charge in [0.15, 0.2) is 4.96 Å². The zero-order valence-corrected chi connectivity index (χ0v) is 16.3. The van der Waals surface area contributed by atoms with E-state index >= 15 is 0 Å². The van der Waals surface area contributed by atoms with Crippen molar-refractivity contribution >= 4 is 32.0 Å². The number of hydrogen-bond acceptors (Lipinski definition) is 6. The van der Waals surface area contributed by atoms with Gasteiger partial charge in [0, 0.05) is 36.4 Å². The van der Waals surface area contributed by atoms with Crippen LogP contribution in [0.3, 0.4) is 0 Å². The van der Waals surface area contributed by atoms with Gasteiger partial charge in [-0.2, -0.15) is 4.31 Å². The van der Waals surface area contributed by atoms with E-state index in [9.17, 15) is 13.2 Å². The molecule has 0 saturated heterocycles. The molecule has 26 heavy (non-hydrogen) atoms. The fourth-order valence-corrected chi connectivity index (χ4v) is 4.47. The van der Waals surface area contributed by atoms with Gasteiger partial charge < -0.3 is 5.32 Å². The van der Waals surface area contributed by atoms with Crippen LogP contribution < -0.4 is 10.9 Å². The van der Waals surface area contributed by atoms with Crippen molar-refractivity contribution in [2.45, 2.75) is 31.3 Å². The number of fused-ring (bicyclic) bond motifs is 1. The van der Waals surface area contributed by atoms with Gasteiger partial charge in [-0.25, -0.2) is 13.4 Å². The fraction of sp³-hybridized carbons (Fsp3) is 0.294. The Morgan fingerprint density at radius 1 is 1.27 bits per heavy atom. The maximum atomic E-state index is 12.5. The largest absolute Gasteiger partial charge is 0.379 e. The molecule has 2 aromatic heterocycles. The molecule has 1 aromatic carbocycles. The van der Waals surface area contributed by atoms with Crippen LogP contribution in [0.25, 0.3) is 4.96 Å². The molecule has 0 bridgehead atoms. The highest BCUT2D eigenvalue weighted by Gasteiger charge is 2.22. The summed E-state index contributed by atoms with van der Waals surface area (Å²) in [4.78, 5) is 17.3. The smallest absolute Gasteiger partial charge is 0.258 e. The number of rotatable bonds is 6. The van der Waals surface area contributed by atoms with Crippen molar-refractivity contribution in [2.75, 3.05) is 12.4 Å². The van der Waals surface area contributed by atoms with Gasteiger partial charge in [-0.15, -0.1) is 11.3 Å². The number of benzene rings is 1. The molecule has 1 N–H and O–H groups in total. The molecule has 138 valence electrons. The van der Waals surface area contributed by atoms with E-state index in [1.807, 2.05) is 19.2 Å². The number of anilines is 1. The highest BCUT2D eigenvalue weighted by molar-refractivity contribution is 7.89. The maximum absolute atomic E-state index is 12.5. The Kier molecular flexibility index (Phi) is 5.12. The summed E-state index contributed by atoms with van der Waals surface area (Å²) in [5.41, 5.74) is 1.27. The minimum absolute atomic E-state index is 0.116. The predicted molar refractivity (Wildman–Crippen MR) is 103 cm³/mol. The summed E-state index contributed by atoms with van der Waals surface area (Å²) in [5, 5.41) is 4.98. The monoisotopic (exact) mass is 392 g/mol. The third-order valence-electron chi connectivity index (χ3n) is 4.09. The highest BCUT2D eigenvalue weighted by atomic mass is 32.2. The number of thiazole rings is 1. The number of sulfonamides is 1. The lowest BCUT2D eigenvalue weighted by molar-refractivity contribution is 0.410. The van der Waals surface area contributed by atoms with Crippen LogP contribution in [-0.4, -0.2) is 35.2 Å². The van der Waals surface area contributed by atoms with E-state index in [0.717, 1.165) is 5.69 Å². The van der Waals surface area contributed by atoms with Gasteiger partial charge >= 0.3 is 0 Å². The molecule has 0 spiro atoms. The summed E-state index contributed by atoms with van der Waals surface area (Å²) >= 11 is 1.40. The Bertz CT molecular complexity index is 1070. The number of hydrogen-bond donors (Lipinski definition) is 1. The molecule has 0 aliphatic carbocycles. The minimum Gasteiger partial charge on any atom is -0.379 e. The number of nitrogens with zero attached hydrogens (tertiary/aromatic N) is 3. The molecule has 0 unspecified atom stereocenters. The molecule has 2 heterocycles. The van der Waals surface area contributed by atoms with E-state index in [2.05, 4.69) is 10.3 Å². The summed E-state index contributed by atoms with van der Waals surface area (Å²) in [6, 6.07) is 7.93. The van der Waals surface area contributed by atoms with Gasteiger partial charge in [0.1, 0.15) is 0 Å². The van der Waals surface area contributed by atoms with Gasteiger partial charge in [0.05, 0.1) is 17.1 Å². The lowest BCUT2D eigenvalue weighted by Crippen LogP contribution is -2.33. The van der Waals surface area contributed by atoms with Crippen LogP contribution in [0.4, 0.5) is 5.69 Å². The first-order valence-corrected chi connectivity index (χ1v) is 10.4. The Balaban J connectivity index is 1.74. The Morgan fingerprint density at radius 2 is 1.96 bits per heavy atom. The standard InChI is InChI=1S/C17H20N4O3S2/c1-12(2)20(3)26(23,24)15-6-4-13(5-7-15)18-11-14-10-16(22)21-8-9-25-17(21)19-14/h4-10,12,18H,11H2,1-3H3. The molecule has 0 amide bonds. The number of aromatic nitrogens is 2. The van der Waals surface area contributed by atoms with Gasteiger partial charge in [0.2, 0.25) is 10.0 Å². The lowest BCUT2D eigenvalue weighted by Gasteiger charge is -2.21. The summed E-state index contributed by atoms with van der Waals surface area (Å²) in [6.07, 6.45) is 1.69. The fourth-order valence-electron chi connectivity index (χ4n) is 2.36. The molecule has 0 fully saturated rings. The van der Waals surface area contributed by atoms with Gasteiger partial charge in [0.25, 0.3) is 5.56 Å². The number of nitrogens with one attached hydrogen (secondary N) is 1. The van der Waals surface area contributed by atoms with Crippen molar-refractivity contribution in [3.8, 4) is 0 Å². The van der Waals surface area contributed by atoms with Crippen molar-refractivity contribution in [1.82, 2.24) is 13.7 Å². The van der Waals surface area contributed by atoms with E-state index in [1.165, 1.54) is 26.1 Å². The van der Waals surface area contributed by atoms with Gasteiger partial charge in [-0.3, -0.25) is 9.20 Å². The maximum Gasteiger partial charge on any atom is 0.258 e. The molecule has 0 aliphatic rings. The second-order valence-electron chi connectivity index (χ2n) is 6.13. The third kappa shape index (κ3) is 3.64. The van der Waals surface area contributed by atoms with Crippen LogP contribution in [0, 0.1) is 0 Å². The van der Waals surface area contributed by atoms with E-state index in [0.29, 0.717) is 17.2 Å². The second kappa shape index (κ2) is 7.18. The quantitative estimate of drug-likeness (QED) is 0.696. The normalized spacial score (nSPS) is 12.2. The summed E-state index contributed by atoms with van der Waals surface area (Å²) < 4.78 is 27.8. The van der Waals surface area contributed by atoms with Crippen LogP contribution >= 0.6 is 11.3 Å². The first kappa shape index (κ1) is 18.6. The highest BCUT2D eigenvalue weighted by Crippen LogP contribution is 2.19. The Hall–Kier alpha value is -2.23. The van der Waals surface area contributed by atoms with Crippen molar-refractivity contribution in [3.63, 3.8) is 0 Å². The van der Waals surface area contributed by atoms with Crippen molar-refractivity contribution in [1.29, 1.82) is 0 Å². The van der Waals surface area contributed by atoms with Crippen LogP contribution in [0.1, 0.15) is 19.5 Å². The topological polar surface area (TPSA) is 83.8 Å². The van der Waals surface area contributed by atoms with Gasteiger partial charge in [-0.1, -0.05) is 0 Å². The molecule has 3 rings (SSSR count). The average Bonchev–Trinajstić information content (AvgIpc) is 3.08. The van der Waals surface area contributed by atoms with Crippen molar-refractivity contribution < 1.29 is 8.42 Å². The Labute approximate surface area is 156 Å². The summed E-state index contributed by atoms with van der Waals surface area (Å²) in [7, 11) is -1.93. The van der Waals surface area contributed by atoms with Crippen LogP contribution in [0.2, 0.25) is 0 Å². The molecular weight excluding hydrogens is 372 g/mol. The van der Waals surface area contributed by atoms with E-state index in [4.69, 9.17) is 0 Å². The molecule has 0 aliphatic heterocycles. The Morgan fingerprint density at radius 3 is 2.62 bits per heavy atom. The molecule has 7 nitrogen and oxygen atoms in total. The summed E-state index contributed by atoms with van der Waals surface area (Å²) in [6.45, 7) is 4.03. The molecule has 0 radical (unpaired) electrons. The molecular formula is C17H20N4O3S2. The molecule has 0 atom stereocenters. The predicted octanol–water partition coefficient (Wildman–Crippen LogP) is 2.40. The SMILES string of the molecule is CC(C)N(C)S(=O)(=O)c1ccc(NCc2cc(=O)n3ccsc3n2)cc1. The first-order chi connectivity index (χ1) is 12.3. The first-order valence-electron chi connectivity index (χ1n) is 8.07. The average molecular weight is 393 g/mol. The van der Waals surface area contributed by atoms with Crippen LogP contribution in [0.5, 0.6) is 0 Å². The second-order valence-corrected chi connectivity index (χ2v) is 9.00.